The molecular formula is C20H27N3O3S. The van der Waals surface area contributed by atoms with E-state index < -0.39 is 0 Å². The molecule has 27 heavy (non-hydrogen) atoms. The van der Waals surface area contributed by atoms with Gasteiger partial charge in [0.15, 0.2) is 0 Å². The second-order valence-corrected chi connectivity index (χ2v) is 7.63. The molecule has 0 saturated heterocycles. The summed E-state index contributed by atoms with van der Waals surface area (Å²) >= 11 is 1.66. The zero-order valence-corrected chi connectivity index (χ0v) is 17.0. The number of amides is 2. The van der Waals surface area contributed by atoms with Crippen LogP contribution in [0, 0.1) is 12.8 Å². The number of carbonyl (C=O) groups is 2. The van der Waals surface area contributed by atoms with Crippen LogP contribution in [0.5, 0.6) is 5.75 Å². The first-order chi connectivity index (χ1) is 12.9. The van der Waals surface area contributed by atoms with Gasteiger partial charge in [-0.25, -0.2) is 0 Å². The number of benzene rings is 1. The van der Waals surface area contributed by atoms with Gasteiger partial charge in [0.05, 0.1) is 25.9 Å². The van der Waals surface area contributed by atoms with Crippen LogP contribution >= 0.6 is 11.3 Å². The topological polar surface area (TPSA) is 79.5 Å². The second kappa shape index (κ2) is 10.1. The van der Waals surface area contributed by atoms with E-state index in [1.165, 1.54) is 4.88 Å². The zero-order chi connectivity index (χ0) is 19.8. The zero-order valence-electron chi connectivity index (χ0n) is 16.2. The van der Waals surface area contributed by atoms with Crippen molar-refractivity contribution in [3.05, 3.63) is 46.2 Å². The Hall–Kier alpha value is -2.38. The van der Waals surface area contributed by atoms with Crippen LogP contribution in [0.25, 0.3) is 0 Å². The van der Waals surface area contributed by atoms with Crippen LogP contribution in [-0.4, -0.2) is 32.0 Å². The third kappa shape index (κ3) is 6.37. The Morgan fingerprint density at radius 3 is 2.56 bits per heavy atom. The van der Waals surface area contributed by atoms with Crippen molar-refractivity contribution in [2.24, 2.45) is 5.92 Å². The number of hydrogen-bond acceptors (Lipinski definition) is 5. The standard InChI is InChI=1S/C20H27N3O3S/c1-13(2)20(17-6-5-9-27-17)22-11-18(24)21-12-19(25)23-15-10-14(3)7-8-16(15)26-4/h5-10,13,20,22H,11-12H2,1-4H3,(H,21,24)(H,23,25). The first-order valence-electron chi connectivity index (χ1n) is 8.88. The number of thiophene rings is 1. The van der Waals surface area contributed by atoms with Gasteiger partial charge < -0.3 is 20.7 Å². The van der Waals surface area contributed by atoms with Crippen molar-refractivity contribution in [1.82, 2.24) is 10.6 Å². The minimum absolute atomic E-state index is 0.0943. The Morgan fingerprint density at radius 1 is 1.15 bits per heavy atom. The van der Waals surface area contributed by atoms with Gasteiger partial charge in [-0.2, -0.15) is 0 Å². The summed E-state index contributed by atoms with van der Waals surface area (Å²) in [5, 5.41) is 10.7. The molecule has 2 aromatic rings. The molecule has 0 aliphatic rings. The van der Waals surface area contributed by atoms with Crippen LogP contribution in [-0.2, 0) is 9.59 Å². The highest BCUT2D eigenvalue weighted by Gasteiger charge is 2.17. The summed E-state index contributed by atoms with van der Waals surface area (Å²) in [6, 6.07) is 9.70. The molecule has 0 aliphatic heterocycles. The van der Waals surface area contributed by atoms with Crippen molar-refractivity contribution in [3.63, 3.8) is 0 Å². The number of anilines is 1. The maximum Gasteiger partial charge on any atom is 0.243 e. The fraction of sp³-hybridized carbons (Fsp3) is 0.400. The number of carbonyl (C=O) groups excluding carboxylic acids is 2. The summed E-state index contributed by atoms with van der Waals surface area (Å²) < 4.78 is 5.24. The molecule has 146 valence electrons. The Kier molecular flexibility index (Phi) is 7.82. The van der Waals surface area contributed by atoms with E-state index in [-0.39, 0.29) is 30.9 Å². The lowest BCUT2D eigenvalue weighted by molar-refractivity contribution is -0.123. The fourth-order valence-corrected chi connectivity index (χ4v) is 3.66. The highest BCUT2D eigenvalue weighted by molar-refractivity contribution is 7.10. The predicted octanol–water partition coefficient (Wildman–Crippen LogP) is 3.11. The molecule has 1 unspecified atom stereocenters. The third-order valence-electron chi connectivity index (χ3n) is 4.07. The van der Waals surface area contributed by atoms with Gasteiger partial charge in [0.1, 0.15) is 5.75 Å². The smallest absolute Gasteiger partial charge is 0.243 e. The summed E-state index contributed by atoms with van der Waals surface area (Å²) in [5.41, 5.74) is 1.60. The van der Waals surface area contributed by atoms with Crippen molar-refractivity contribution >= 4 is 28.8 Å². The van der Waals surface area contributed by atoms with Crippen molar-refractivity contribution in [2.75, 3.05) is 25.5 Å². The van der Waals surface area contributed by atoms with Crippen LogP contribution in [0.2, 0.25) is 0 Å². The van der Waals surface area contributed by atoms with Crippen LogP contribution in [0.3, 0.4) is 0 Å². The van der Waals surface area contributed by atoms with E-state index in [2.05, 4.69) is 35.9 Å². The number of hydrogen-bond donors (Lipinski definition) is 3. The van der Waals surface area contributed by atoms with Crippen LogP contribution < -0.4 is 20.7 Å². The minimum atomic E-state index is -0.300. The normalized spacial score (nSPS) is 11.9. The molecule has 0 aliphatic carbocycles. The number of methoxy groups -OCH3 is 1. The fourth-order valence-electron chi connectivity index (χ4n) is 2.69. The first-order valence-corrected chi connectivity index (χ1v) is 9.76. The lowest BCUT2D eigenvalue weighted by Gasteiger charge is -2.21. The van der Waals surface area contributed by atoms with Gasteiger partial charge in [0.25, 0.3) is 0 Å². The van der Waals surface area contributed by atoms with Crippen molar-refractivity contribution in [3.8, 4) is 5.75 Å². The van der Waals surface area contributed by atoms with Gasteiger partial charge >= 0.3 is 0 Å². The molecule has 2 amide bonds. The maximum absolute atomic E-state index is 12.1. The molecule has 1 aromatic heterocycles. The van der Waals surface area contributed by atoms with Gasteiger partial charge in [-0.3, -0.25) is 9.59 Å². The molecule has 0 bridgehead atoms. The Labute approximate surface area is 164 Å². The molecule has 0 radical (unpaired) electrons. The van der Waals surface area contributed by atoms with E-state index in [0.717, 1.165) is 5.56 Å². The van der Waals surface area contributed by atoms with Crippen LogP contribution in [0.15, 0.2) is 35.7 Å². The predicted molar refractivity (Wildman–Crippen MR) is 109 cm³/mol. The van der Waals surface area contributed by atoms with Crippen molar-refractivity contribution in [1.29, 1.82) is 0 Å². The Morgan fingerprint density at radius 2 is 1.93 bits per heavy atom. The Balaban J connectivity index is 1.81. The van der Waals surface area contributed by atoms with Crippen molar-refractivity contribution in [2.45, 2.75) is 26.8 Å². The first kappa shape index (κ1) is 20.9. The summed E-state index contributed by atoms with van der Waals surface area (Å²) in [4.78, 5) is 25.4. The number of ether oxygens (including phenoxy) is 1. The van der Waals surface area contributed by atoms with Gasteiger partial charge in [-0.1, -0.05) is 26.0 Å². The molecule has 0 spiro atoms. The van der Waals surface area contributed by atoms with E-state index in [0.29, 0.717) is 17.4 Å². The maximum atomic E-state index is 12.1. The molecular weight excluding hydrogens is 362 g/mol. The molecule has 2 rings (SSSR count). The second-order valence-electron chi connectivity index (χ2n) is 6.65. The van der Waals surface area contributed by atoms with Gasteiger partial charge in [-0.05, 0) is 42.0 Å². The lowest BCUT2D eigenvalue weighted by atomic mass is 10.0. The molecule has 6 nitrogen and oxygen atoms in total. The number of aryl methyl sites for hydroxylation is 1. The Bertz CT molecular complexity index is 760. The van der Waals surface area contributed by atoms with Crippen LogP contribution in [0.4, 0.5) is 5.69 Å². The van der Waals surface area contributed by atoms with Gasteiger partial charge in [0.2, 0.25) is 11.8 Å². The monoisotopic (exact) mass is 389 g/mol. The van der Waals surface area contributed by atoms with Crippen LogP contribution in [0.1, 0.15) is 30.3 Å². The van der Waals surface area contributed by atoms with E-state index in [1.54, 1.807) is 24.5 Å². The van der Waals surface area contributed by atoms with Gasteiger partial charge in [0, 0.05) is 10.9 Å². The van der Waals surface area contributed by atoms with E-state index in [4.69, 9.17) is 4.74 Å². The third-order valence-corrected chi connectivity index (χ3v) is 5.03. The SMILES string of the molecule is COc1ccc(C)cc1NC(=O)CNC(=O)CNC(c1cccs1)C(C)C. The summed E-state index contributed by atoms with van der Waals surface area (Å²) in [5.74, 6) is 0.417. The molecule has 1 aromatic carbocycles. The summed E-state index contributed by atoms with van der Waals surface area (Å²) in [6.07, 6.45) is 0. The van der Waals surface area contributed by atoms with Gasteiger partial charge in [-0.15, -0.1) is 11.3 Å². The molecule has 3 N–H and O–H groups in total. The lowest BCUT2D eigenvalue weighted by Crippen LogP contribution is -2.40. The number of nitrogens with one attached hydrogen (secondary N) is 3. The number of rotatable bonds is 9. The highest BCUT2D eigenvalue weighted by Crippen LogP contribution is 2.26. The van der Waals surface area contributed by atoms with E-state index in [1.807, 2.05) is 30.5 Å². The van der Waals surface area contributed by atoms with Crippen molar-refractivity contribution < 1.29 is 14.3 Å². The molecule has 7 heteroatoms. The summed E-state index contributed by atoms with van der Waals surface area (Å²) in [6.45, 7) is 6.21. The highest BCUT2D eigenvalue weighted by atomic mass is 32.1. The average Bonchev–Trinajstić information content (AvgIpc) is 3.14. The van der Waals surface area contributed by atoms with E-state index >= 15 is 0 Å². The molecule has 1 heterocycles. The minimum Gasteiger partial charge on any atom is -0.495 e. The quantitative estimate of drug-likeness (QED) is 0.616. The molecule has 0 fully saturated rings. The summed E-state index contributed by atoms with van der Waals surface area (Å²) in [7, 11) is 1.55. The molecule has 0 saturated carbocycles. The average molecular weight is 390 g/mol. The largest absolute Gasteiger partial charge is 0.495 e. The molecule has 1 atom stereocenters. The van der Waals surface area contributed by atoms with E-state index in [9.17, 15) is 9.59 Å².